The van der Waals surface area contributed by atoms with Gasteiger partial charge in [-0.2, -0.15) is 4.98 Å². The molecule has 0 fully saturated rings. The van der Waals surface area contributed by atoms with E-state index < -0.39 is 0 Å². The van der Waals surface area contributed by atoms with E-state index in [1.165, 1.54) is 0 Å². The maximum absolute atomic E-state index is 5.88. The number of fused-ring (bicyclic) bond motifs is 1. The molecule has 0 saturated carbocycles. The smallest absolute Gasteiger partial charge is 0.222 e. The molecule has 2 heterocycles. The molecule has 0 aliphatic heterocycles. The largest absolute Gasteiger partial charge is 0.497 e. The highest BCUT2D eigenvalue weighted by molar-refractivity contribution is 5.87. The Hall–Kier alpha value is -3.09. The van der Waals surface area contributed by atoms with Crippen LogP contribution in [0.2, 0.25) is 0 Å². The Morgan fingerprint density at radius 3 is 2.45 bits per heavy atom. The van der Waals surface area contributed by atoms with Crippen LogP contribution < -0.4 is 20.9 Å². The Bertz CT molecular complexity index is 851. The third kappa shape index (κ3) is 2.32. The summed E-state index contributed by atoms with van der Waals surface area (Å²) in [7, 11) is 3.20. The lowest BCUT2D eigenvalue weighted by Gasteiger charge is -2.11. The van der Waals surface area contributed by atoms with Crippen LogP contribution >= 0.6 is 0 Å². The van der Waals surface area contributed by atoms with Crippen molar-refractivity contribution in [1.82, 2.24) is 15.0 Å². The SMILES string of the molecule is COc1ccc(-c2ccc3nc(N)nc(N)c3n2)c(OC)c1. The average molecular weight is 297 g/mol. The Kier molecular flexibility index (Phi) is 3.38. The van der Waals surface area contributed by atoms with Crippen LogP contribution in [0.4, 0.5) is 11.8 Å². The topological polar surface area (TPSA) is 109 Å². The lowest BCUT2D eigenvalue weighted by atomic mass is 10.1. The second-order valence-corrected chi connectivity index (χ2v) is 4.60. The number of nitrogen functional groups attached to an aromatic ring is 2. The number of pyridine rings is 1. The predicted octanol–water partition coefficient (Wildman–Crippen LogP) is 1.87. The number of ether oxygens (including phenoxy) is 2. The van der Waals surface area contributed by atoms with Crippen molar-refractivity contribution < 1.29 is 9.47 Å². The molecule has 7 heteroatoms. The summed E-state index contributed by atoms with van der Waals surface area (Å²) in [4.78, 5) is 12.6. The Morgan fingerprint density at radius 2 is 1.73 bits per heavy atom. The first-order valence-electron chi connectivity index (χ1n) is 6.54. The summed E-state index contributed by atoms with van der Waals surface area (Å²) in [6, 6.07) is 9.14. The molecule has 4 N–H and O–H groups in total. The normalized spacial score (nSPS) is 10.6. The van der Waals surface area contributed by atoms with Gasteiger partial charge < -0.3 is 20.9 Å². The number of rotatable bonds is 3. The van der Waals surface area contributed by atoms with Crippen LogP contribution in [-0.4, -0.2) is 29.2 Å². The van der Waals surface area contributed by atoms with Gasteiger partial charge >= 0.3 is 0 Å². The summed E-state index contributed by atoms with van der Waals surface area (Å²) in [6.07, 6.45) is 0. The quantitative estimate of drug-likeness (QED) is 0.759. The van der Waals surface area contributed by atoms with Crippen molar-refractivity contribution in [3.63, 3.8) is 0 Å². The second-order valence-electron chi connectivity index (χ2n) is 4.60. The number of hydrogen-bond acceptors (Lipinski definition) is 7. The highest BCUT2D eigenvalue weighted by Gasteiger charge is 2.12. The molecule has 7 nitrogen and oxygen atoms in total. The first kappa shape index (κ1) is 13.9. The minimum Gasteiger partial charge on any atom is -0.497 e. The van der Waals surface area contributed by atoms with Gasteiger partial charge in [-0.3, -0.25) is 0 Å². The van der Waals surface area contributed by atoms with E-state index in [1.54, 1.807) is 26.4 Å². The molecule has 1 aromatic carbocycles. The van der Waals surface area contributed by atoms with Crippen LogP contribution in [-0.2, 0) is 0 Å². The molecule has 0 spiro atoms. The van der Waals surface area contributed by atoms with Gasteiger partial charge in [-0.25, -0.2) is 9.97 Å². The molecule has 0 aliphatic rings. The number of nitrogens with two attached hydrogens (primary N) is 2. The number of hydrogen-bond donors (Lipinski definition) is 2. The maximum Gasteiger partial charge on any atom is 0.222 e. The van der Waals surface area contributed by atoms with E-state index in [0.717, 1.165) is 5.56 Å². The van der Waals surface area contributed by atoms with Crippen LogP contribution in [0.3, 0.4) is 0 Å². The molecule has 0 saturated heterocycles. The minimum atomic E-state index is 0.126. The summed E-state index contributed by atoms with van der Waals surface area (Å²) in [6.45, 7) is 0. The van der Waals surface area contributed by atoms with Gasteiger partial charge in [-0.15, -0.1) is 0 Å². The fourth-order valence-electron chi connectivity index (χ4n) is 2.22. The lowest BCUT2D eigenvalue weighted by molar-refractivity contribution is 0.395. The van der Waals surface area contributed by atoms with Crippen molar-refractivity contribution in [2.45, 2.75) is 0 Å². The van der Waals surface area contributed by atoms with Gasteiger partial charge in [0.15, 0.2) is 5.82 Å². The fourth-order valence-corrected chi connectivity index (χ4v) is 2.22. The van der Waals surface area contributed by atoms with Gasteiger partial charge in [-0.1, -0.05) is 0 Å². The number of benzene rings is 1. The summed E-state index contributed by atoms with van der Waals surface area (Å²) in [5.74, 6) is 1.73. The molecular weight excluding hydrogens is 282 g/mol. The maximum atomic E-state index is 5.88. The van der Waals surface area contributed by atoms with Gasteiger partial charge in [0.25, 0.3) is 0 Å². The minimum absolute atomic E-state index is 0.126. The molecule has 22 heavy (non-hydrogen) atoms. The number of aromatic nitrogens is 3. The van der Waals surface area contributed by atoms with Gasteiger partial charge in [0.2, 0.25) is 5.95 Å². The number of nitrogens with zero attached hydrogens (tertiary/aromatic N) is 3. The van der Waals surface area contributed by atoms with E-state index in [-0.39, 0.29) is 11.8 Å². The van der Waals surface area contributed by atoms with Crippen molar-refractivity contribution in [1.29, 1.82) is 0 Å². The average Bonchev–Trinajstić information content (AvgIpc) is 2.54. The highest BCUT2D eigenvalue weighted by Crippen LogP contribution is 2.33. The summed E-state index contributed by atoms with van der Waals surface area (Å²) in [5, 5.41) is 0. The highest BCUT2D eigenvalue weighted by atomic mass is 16.5. The van der Waals surface area contributed by atoms with E-state index in [4.69, 9.17) is 20.9 Å². The molecule has 0 atom stereocenters. The predicted molar refractivity (Wildman–Crippen MR) is 84.7 cm³/mol. The molecule has 3 aromatic rings. The summed E-state index contributed by atoms with van der Waals surface area (Å²) in [5.41, 5.74) is 14.1. The van der Waals surface area contributed by atoms with Crippen LogP contribution in [0.15, 0.2) is 30.3 Å². The van der Waals surface area contributed by atoms with Gasteiger partial charge in [0, 0.05) is 11.6 Å². The molecular formula is C15H15N5O2. The van der Waals surface area contributed by atoms with E-state index >= 15 is 0 Å². The van der Waals surface area contributed by atoms with Crippen molar-refractivity contribution in [3.05, 3.63) is 30.3 Å². The van der Waals surface area contributed by atoms with E-state index in [1.807, 2.05) is 18.2 Å². The number of anilines is 2. The van der Waals surface area contributed by atoms with E-state index in [2.05, 4.69) is 15.0 Å². The van der Waals surface area contributed by atoms with Gasteiger partial charge in [-0.05, 0) is 24.3 Å². The zero-order valence-electron chi connectivity index (χ0n) is 12.2. The van der Waals surface area contributed by atoms with Crippen molar-refractivity contribution in [2.24, 2.45) is 0 Å². The molecule has 0 radical (unpaired) electrons. The molecule has 3 rings (SSSR count). The first-order chi connectivity index (χ1) is 10.6. The van der Waals surface area contributed by atoms with Gasteiger partial charge in [0.05, 0.1) is 25.4 Å². The molecule has 0 bridgehead atoms. The van der Waals surface area contributed by atoms with Crippen molar-refractivity contribution in [3.8, 4) is 22.8 Å². The van der Waals surface area contributed by atoms with Crippen molar-refractivity contribution in [2.75, 3.05) is 25.7 Å². The Morgan fingerprint density at radius 1 is 0.909 bits per heavy atom. The third-order valence-electron chi connectivity index (χ3n) is 3.27. The van der Waals surface area contributed by atoms with Crippen LogP contribution in [0, 0.1) is 0 Å². The molecule has 112 valence electrons. The summed E-state index contributed by atoms with van der Waals surface area (Å²) < 4.78 is 10.6. The van der Waals surface area contributed by atoms with Crippen LogP contribution in [0.5, 0.6) is 11.5 Å². The molecule has 0 unspecified atom stereocenters. The standard InChI is InChI=1S/C15H15N5O2/c1-21-8-3-4-9(12(7-8)22-2)10-5-6-11-13(18-10)14(16)20-15(17)19-11/h3-7H,1-2H3,(H4,16,17,19,20). The van der Waals surface area contributed by atoms with E-state index in [0.29, 0.717) is 28.2 Å². The number of methoxy groups -OCH3 is 2. The molecule has 2 aromatic heterocycles. The van der Waals surface area contributed by atoms with Crippen molar-refractivity contribution >= 4 is 22.8 Å². The van der Waals surface area contributed by atoms with E-state index in [9.17, 15) is 0 Å². The van der Waals surface area contributed by atoms with Crippen LogP contribution in [0.25, 0.3) is 22.3 Å². The zero-order valence-corrected chi connectivity index (χ0v) is 12.2. The molecule has 0 amide bonds. The second kappa shape index (κ2) is 5.36. The first-order valence-corrected chi connectivity index (χ1v) is 6.54. The summed E-state index contributed by atoms with van der Waals surface area (Å²) >= 11 is 0. The van der Waals surface area contributed by atoms with Crippen LogP contribution in [0.1, 0.15) is 0 Å². The Labute approximate surface area is 126 Å². The molecule has 0 aliphatic carbocycles. The lowest BCUT2D eigenvalue weighted by Crippen LogP contribution is -2.02. The monoisotopic (exact) mass is 297 g/mol. The van der Waals surface area contributed by atoms with Gasteiger partial charge in [0.1, 0.15) is 17.0 Å². The Balaban J connectivity index is 2.18. The fraction of sp³-hybridized carbons (Fsp3) is 0.133. The zero-order chi connectivity index (χ0) is 15.7. The third-order valence-corrected chi connectivity index (χ3v) is 3.27.